The lowest BCUT2D eigenvalue weighted by molar-refractivity contribution is -0.298. The molecule has 1 aliphatic rings. The largest absolute Gasteiger partial charge is 0.369 e. The van der Waals surface area contributed by atoms with Crippen LogP contribution in [-0.2, 0) is 14.2 Å². The van der Waals surface area contributed by atoms with Crippen LogP contribution in [-0.4, -0.2) is 31.2 Å². The summed E-state index contributed by atoms with van der Waals surface area (Å²) >= 11 is 0. The highest BCUT2D eigenvalue weighted by molar-refractivity contribution is 4.91. The van der Waals surface area contributed by atoms with Crippen LogP contribution < -0.4 is 0 Å². The fourth-order valence-corrected chi connectivity index (χ4v) is 1.35. The fraction of sp³-hybridized carbons (Fsp3) is 0.636. The van der Waals surface area contributed by atoms with E-state index in [-0.39, 0.29) is 12.2 Å². The first-order valence-corrected chi connectivity index (χ1v) is 4.76. The quantitative estimate of drug-likeness (QED) is 0.646. The van der Waals surface area contributed by atoms with Crippen molar-refractivity contribution in [2.75, 3.05) is 13.2 Å². The van der Waals surface area contributed by atoms with Gasteiger partial charge >= 0.3 is 0 Å². The Hall–Kier alpha value is -0.640. The Morgan fingerprint density at radius 3 is 2.79 bits per heavy atom. The van der Waals surface area contributed by atoms with Crippen molar-refractivity contribution in [1.82, 2.24) is 0 Å². The molecule has 0 saturated carbocycles. The molecule has 0 amide bonds. The predicted molar refractivity (Wildman–Crippen MR) is 55.0 cm³/mol. The van der Waals surface area contributed by atoms with E-state index in [0.717, 1.165) is 0 Å². The molecule has 1 rings (SSSR count). The first-order valence-electron chi connectivity index (χ1n) is 4.76. The van der Waals surface area contributed by atoms with E-state index in [1.165, 1.54) is 0 Å². The van der Waals surface area contributed by atoms with Crippen LogP contribution in [0.3, 0.4) is 0 Å². The number of ether oxygens (including phenoxy) is 3. The van der Waals surface area contributed by atoms with Gasteiger partial charge in [-0.1, -0.05) is 12.2 Å². The van der Waals surface area contributed by atoms with E-state index in [9.17, 15) is 0 Å². The Bertz CT molecular complexity index is 211. The second kappa shape index (κ2) is 4.73. The molecule has 0 aromatic heterocycles. The Balaban J connectivity index is 2.52. The first kappa shape index (κ1) is 11.4. The van der Waals surface area contributed by atoms with Gasteiger partial charge in [0, 0.05) is 0 Å². The smallest absolute Gasteiger partial charge is 0.163 e. The third-order valence-corrected chi connectivity index (χ3v) is 2.04. The van der Waals surface area contributed by atoms with Gasteiger partial charge in [0.05, 0.1) is 13.2 Å². The van der Waals surface area contributed by atoms with Gasteiger partial charge in [0.2, 0.25) is 0 Å². The molecule has 0 N–H and O–H groups in total. The zero-order valence-corrected chi connectivity index (χ0v) is 8.86. The zero-order chi connectivity index (χ0) is 10.6. The molecule has 0 bridgehead atoms. The lowest BCUT2D eigenvalue weighted by Crippen LogP contribution is -2.48. The van der Waals surface area contributed by atoms with Gasteiger partial charge in [0.1, 0.15) is 12.2 Å². The van der Waals surface area contributed by atoms with Crippen molar-refractivity contribution in [1.29, 1.82) is 0 Å². The Labute approximate surface area is 85.3 Å². The summed E-state index contributed by atoms with van der Waals surface area (Å²) in [4.78, 5) is 0. The highest BCUT2D eigenvalue weighted by atomic mass is 16.7. The maximum Gasteiger partial charge on any atom is 0.163 e. The van der Waals surface area contributed by atoms with Crippen LogP contribution in [0.25, 0.3) is 0 Å². The minimum atomic E-state index is -0.549. The van der Waals surface area contributed by atoms with Gasteiger partial charge in [-0.05, 0) is 13.8 Å². The van der Waals surface area contributed by atoms with Gasteiger partial charge in [-0.2, -0.15) is 0 Å². The molecular weight excluding hydrogens is 180 g/mol. The summed E-state index contributed by atoms with van der Waals surface area (Å²) in [6, 6.07) is 0. The Morgan fingerprint density at radius 2 is 2.21 bits per heavy atom. The average Bonchev–Trinajstić information content (AvgIpc) is 2.15. The van der Waals surface area contributed by atoms with Crippen molar-refractivity contribution in [2.45, 2.75) is 31.8 Å². The number of hydrogen-bond acceptors (Lipinski definition) is 3. The van der Waals surface area contributed by atoms with E-state index in [1.54, 1.807) is 12.2 Å². The summed E-state index contributed by atoms with van der Waals surface area (Å²) in [5.41, 5.74) is 0. The Morgan fingerprint density at radius 1 is 1.50 bits per heavy atom. The van der Waals surface area contributed by atoms with Crippen LogP contribution in [0.2, 0.25) is 0 Å². The molecule has 80 valence electrons. The molecule has 14 heavy (non-hydrogen) atoms. The van der Waals surface area contributed by atoms with Crippen molar-refractivity contribution >= 4 is 0 Å². The maximum absolute atomic E-state index is 5.63. The summed E-state index contributed by atoms with van der Waals surface area (Å²) in [6.07, 6.45) is 3.26. The van der Waals surface area contributed by atoms with Crippen molar-refractivity contribution in [3.63, 3.8) is 0 Å². The van der Waals surface area contributed by atoms with Gasteiger partial charge in [-0.3, -0.25) is 0 Å². The highest BCUT2D eigenvalue weighted by Gasteiger charge is 2.35. The van der Waals surface area contributed by atoms with Crippen molar-refractivity contribution in [3.05, 3.63) is 25.3 Å². The minimum absolute atomic E-state index is 0.0847. The normalized spacial score (nSPS) is 31.0. The molecule has 0 aliphatic carbocycles. The molecular formula is C11H18O3. The minimum Gasteiger partial charge on any atom is -0.369 e. The van der Waals surface area contributed by atoms with Crippen molar-refractivity contribution in [2.24, 2.45) is 0 Å². The van der Waals surface area contributed by atoms with Gasteiger partial charge in [0.25, 0.3) is 0 Å². The fourth-order valence-electron chi connectivity index (χ4n) is 1.35. The van der Waals surface area contributed by atoms with E-state index in [2.05, 4.69) is 13.2 Å². The zero-order valence-electron chi connectivity index (χ0n) is 8.86. The number of rotatable bonds is 4. The summed E-state index contributed by atoms with van der Waals surface area (Å²) in [5.74, 6) is -0.549. The molecule has 2 atom stereocenters. The summed E-state index contributed by atoms with van der Waals surface area (Å²) in [6.45, 7) is 12.1. The van der Waals surface area contributed by atoms with E-state index >= 15 is 0 Å². The monoisotopic (exact) mass is 198 g/mol. The lowest BCUT2D eigenvalue weighted by Gasteiger charge is -2.39. The average molecular weight is 198 g/mol. The molecule has 1 saturated heterocycles. The van der Waals surface area contributed by atoms with E-state index in [4.69, 9.17) is 14.2 Å². The van der Waals surface area contributed by atoms with Crippen LogP contribution in [0, 0.1) is 0 Å². The molecule has 0 radical (unpaired) electrons. The van der Waals surface area contributed by atoms with Gasteiger partial charge < -0.3 is 14.2 Å². The topological polar surface area (TPSA) is 27.7 Å². The first-order chi connectivity index (χ1) is 6.59. The standard InChI is InChI=1S/C11H18O3/c1-5-7-12-10-8-13-11(3,4)14-9(10)6-2/h5-6,9-10H,1-2,7-8H2,3-4H3/t9-,10+/m1/s1. The van der Waals surface area contributed by atoms with E-state index in [1.807, 2.05) is 13.8 Å². The van der Waals surface area contributed by atoms with Crippen LogP contribution in [0.1, 0.15) is 13.8 Å². The van der Waals surface area contributed by atoms with Crippen LogP contribution in [0.15, 0.2) is 25.3 Å². The second-order valence-electron chi connectivity index (χ2n) is 3.69. The maximum atomic E-state index is 5.63. The summed E-state index contributed by atoms with van der Waals surface area (Å²) < 4.78 is 16.6. The van der Waals surface area contributed by atoms with E-state index in [0.29, 0.717) is 13.2 Å². The van der Waals surface area contributed by atoms with E-state index < -0.39 is 5.79 Å². The number of hydrogen-bond donors (Lipinski definition) is 0. The molecule has 3 nitrogen and oxygen atoms in total. The van der Waals surface area contributed by atoms with Crippen molar-refractivity contribution < 1.29 is 14.2 Å². The third kappa shape index (κ3) is 2.94. The SMILES string of the molecule is C=CCO[C@H]1COC(C)(C)O[C@@H]1C=C. The molecule has 3 heteroatoms. The second-order valence-corrected chi connectivity index (χ2v) is 3.69. The molecule has 1 heterocycles. The van der Waals surface area contributed by atoms with Crippen molar-refractivity contribution in [3.8, 4) is 0 Å². The van der Waals surface area contributed by atoms with Crippen LogP contribution in [0.4, 0.5) is 0 Å². The molecule has 0 spiro atoms. The molecule has 1 aliphatic heterocycles. The molecule has 0 aromatic carbocycles. The molecule has 1 fully saturated rings. The summed E-state index contributed by atoms with van der Waals surface area (Å²) in [5, 5.41) is 0. The molecule has 0 aromatic rings. The summed E-state index contributed by atoms with van der Waals surface area (Å²) in [7, 11) is 0. The van der Waals surface area contributed by atoms with Gasteiger partial charge in [-0.15, -0.1) is 13.2 Å². The lowest BCUT2D eigenvalue weighted by atomic mass is 10.1. The predicted octanol–water partition coefficient (Wildman–Crippen LogP) is 1.90. The third-order valence-electron chi connectivity index (χ3n) is 2.04. The van der Waals surface area contributed by atoms with Crippen LogP contribution in [0.5, 0.6) is 0 Å². The Kier molecular flexibility index (Phi) is 3.86. The van der Waals surface area contributed by atoms with Crippen LogP contribution >= 0.6 is 0 Å². The highest BCUT2D eigenvalue weighted by Crippen LogP contribution is 2.24. The van der Waals surface area contributed by atoms with Gasteiger partial charge in [0.15, 0.2) is 5.79 Å². The van der Waals surface area contributed by atoms with Gasteiger partial charge in [-0.25, -0.2) is 0 Å². The molecule has 0 unspecified atom stereocenters.